The number of ether oxygens (including phenoxy) is 2. The number of nitrogen functional groups attached to an aromatic ring is 1. The molecule has 2 aromatic rings. The number of nitrogens with one attached hydrogen (secondary N) is 1. The topological polar surface area (TPSA) is 133 Å². The van der Waals surface area contributed by atoms with E-state index < -0.39 is 41.8 Å². The minimum Gasteiger partial charge on any atom is -0.482 e. The van der Waals surface area contributed by atoms with Gasteiger partial charge in [0.1, 0.15) is 17.1 Å². The number of nitrogens with zero attached hydrogens (tertiary/aromatic N) is 1. The number of carbonyl (C=O) groups excluding carboxylic acids is 2. The van der Waals surface area contributed by atoms with Crippen LogP contribution in [0.3, 0.4) is 0 Å². The first-order chi connectivity index (χ1) is 12.2. The number of rotatable bonds is 6. The Morgan fingerprint density at radius 3 is 2.35 bits per heavy atom. The standard InChI is InChI=1S/C17H19N3O6/c1-9-4-10(2)6-11(5-9)25-8-13(22)26-7-12(21)14-15(18)20(3)17(24)19-16(14)23/h4-6H,7-8,18H2,1-3H3,(H,19,23,24). The lowest BCUT2D eigenvalue weighted by Crippen LogP contribution is -2.36. The zero-order valence-electron chi connectivity index (χ0n) is 14.6. The molecule has 9 heteroatoms. The molecule has 1 heterocycles. The number of aromatic nitrogens is 2. The first-order valence-electron chi connectivity index (χ1n) is 7.67. The minimum atomic E-state index is -0.932. The summed E-state index contributed by atoms with van der Waals surface area (Å²) in [5.74, 6) is -1.40. The van der Waals surface area contributed by atoms with Crippen molar-refractivity contribution >= 4 is 17.6 Å². The Morgan fingerprint density at radius 1 is 1.12 bits per heavy atom. The normalized spacial score (nSPS) is 10.4. The summed E-state index contributed by atoms with van der Waals surface area (Å²) in [4.78, 5) is 48.9. The van der Waals surface area contributed by atoms with E-state index in [0.717, 1.165) is 15.7 Å². The molecule has 138 valence electrons. The predicted molar refractivity (Wildman–Crippen MR) is 93.4 cm³/mol. The van der Waals surface area contributed by atoms with Crippen LogP contribution >= 0.6 is 0 Å². The van der Waals surface area contributed by atoms with E-state index in [2.05, 4.69) is 0 Å². The summed E-state index contributed by atoms with van der Waals surface area (Å²) >= 11 is 0. The third-order valence-corrected chi connectivity index (χ3v) is 3.56. The second-order valence-electron chi connectivity index (χ2n) is 5.77. The van der Waals surface area contributed by atoms with Gasteiger partial charge in [0.05, 0.1) is 0 Å². The Balaban J connectivity index is 1.97. The predicted octanol–water partition coefficient (Wildman–Crippen LogP) is 0.0775. The van der Waals surface area contributed by atoms with Crippen LogP contribution in [0.15, 0.2) is 27.8 Å². The van der Waals surface area contributed by atoms with Crippen molar-refractivity contribution in [3.63, 3.8) is 0 Å². The van der Waals surface area contributed by atoms with E-state index in [9.17, 15) is 19.2 Å². The molecule has 26 heavy (non-hydrogen) atoms. The number of anilines is 1. The summed E-state index contributed by atoms with van der Waals surface area (Å²) in [6.07, 6.45) is 0. The quantitative estimate of drug-likeness (QED) is 0.549. The van der Waals surface area contributed by atoms with Crippen molar-refractivity contribution in [3.8, 4) is 5.75 Å². The second-order valence-corrected chi connectivity index (χ2v) is 5.77. The molecule has 0 spiro atoms. The Bertz CT molecular complexity index is 953. The number of H-pyrrole nitrogens is 1. The number of ketones is 1. The average molecular weight is 361 g/mol. The molecular formula is C17H19N3O6. The Kier molecular flexibility index (Phi) is 5.61. The zero-order chi connectivity index (χ0) is 19.4. The van der Waals surface area contributed by atoms with Crippen molar-refractivity contribution in [2.45, 2.75) is 13.8 Å². The molecule has 0 aliphatic heterocycles. The van der Waals surface area contributed by atoms with E-state index in [-0.39, 0.29) is 5.82 Å². The Morgan fingerprint density at radius 2 is 1.73 bits per heavy atom. The number of aryl methyl sites for hydroxylation is 2. The van der Waals surface area contributed by atoms with Crippen LogP contribution in [0.1, 0.15) is 21.5 Å². The first-order valence-corrected chi connectivity index (χ1v) is 7.67. The highest BCUT2D eigenvalue weighted by Gasteiger charge is 2.19. The summed E-state index contributed by atoms with van der Waals surface area (Å²) in [6.45, 7) is 2.70. The number of Topliss-reactive ketones (excluding diaryl/α,β-unsaturated/α-hetero) is 1. The van der Waals surface area contributed by atoms with E-state index in [4.69, 9.17) is 15.2 Å². The molecule has 9 nitrogen and oxygen atoms in total. The SMILES string of the molecule is Cc1cc(C)cc(OCC(=O)OCC(=O)c2c(N)n(C)c(=O)[nH]c2=O)c1. The highest BCUT2D eigenvalue weighted by Crippen LogP contribution is 2.16. The molecule has 3 N–H and O–H groups in total. The number of nitrogens with two attached hydrogens (primary N) is 1. The van der Waals surface area contributed by atoms with Crippen LogP contribution in [0.5, 0.6) is 5.75 Å². The van der Waals surface area contributed by atoms with E-state index in [1.54, 1.807) is 12.1 Å². The van der Waals surface area contributed by atoms with Gasteiger partial charge in [-0.05, 0) is 37.1 Å². The zero-order valence-corrected chi connectivity index (χ0v) is 14.6. The lowest BCUT2D eigenvalue weighted by molar-refractivity contribution is -0.144. The molecule has 0 atom stereocenters. The molecule has 0 amide bonds. The van der Waals surface area contributed by atoms with Crippen molar-refractivity contribution in [2.24, 2.45) is 7.05 Å². The molecule has 1 aromatic heterocycles. The highest BCUT2D eigenvalue weighted by molar-refractivity contribution is 6.01. The van der Waals surface area contributed by atoms with Crippen LogP contribution in [0.25, 0.3) is 0 Å². The monoisotopic (exact) mass is 361 g/mol. The fourth-order valence-electron chi connectivity index (χ4n) is 2.32. The molecule has 2 rings (SSSR count). The van der Waals surface area contributed by atoms with Gasteiger partial charge in [-0.1, -0.05) is 6.07 Å². The van der Waals surface area contributed by atoms with Gasteiger partial charge in [-0.15, -0.1) is 0 Å². The number of esters is 1. The van der Waals surface area contributed by atoms with Crippen LogP contribution in [0, 0.1) is 13.8 Å². The van der Waals surface area contributed by atoms with E-state index in [1.807, 2.05) is 24.9 Å². The summed E-state index contributed by atoms with van der Waals surface area (Å²) in [5.41, 5.74) is 5.46. The summed E-state index contributed by atoms with van der Waals surface area (Å²) in [6, 6.07) is 5.48. The first kappa shape index (κ1) is 19.0. The van der Waals surface area contributed by atoms with E-state index in [1.165, 1.54) is 7.05 Å². The highest BCUT2D eigenvalue weighted by atomic mass is 16.6. The average Bonchev–Trinajstić information content (AvgIpc) is 2.55. The van der Waals surface area contributed by atoms with Crippen LogP contribution in [-0.4, -0.2) is 34.5 Å². The van der Waals surface area contributed by atoms with Gasteiger partial charge in [0.25, 0.3) is 5.56 Å². The molecule has 0 aliphatic rings. The number of carbonyl (C=O) groups is 2. The number of hydrogen-bond donors (Lipinski definition) is 2. The molecule has 1 aromatic carbocycles. The molecule has 0 radical (unpaired) electrons. The van der Waals surface area contributed by atoms with Crippen molar-refractivity contribution in [1.29, 1.82) is 0 Å². The van der Waals surface area contributed by atoms with Gasteiger partial charge in [0.2, 0.25) is 5.78 Å². The fraction of sp³-hybridized carbons (Fsp3) is 0.294. The molecule has 0 unspecified atom stereocenters. The van der Waals surface area contributed by atoms with Gasteiger partial charge in [0.15, 0.2) is 13.2 Å². The molecule has 0 saturated carbocycles. The lowest BCUT2D eigenvalue weighted by atomic mass is 10.1. The third kappa shape index (κ3) is 4.38. The number of benzene rings is 1. The summed E-state index contributed by atoms with van der Waals surface area (Å²) in [7, 11) is 1.30. The maximum absolute atomic E-state index is 12.1. The van der Waals surface area contributed by atoms with Gasteiger partial charge >= 0.3 is 11.7 Å². The molecule has 0 saturated heterocycles. The number of aromatic amines is 1. The smallest absolute Gasteiger partial charge is 0.344 e. The van der Waals surface area contributed by atoms with Crippen LogP contribution < -0.4 is 21.7 Å². The van der Waals surface area contributed by atoms with Crippen molar-refractivity contribution in [1.82, 2.24) is 9.55 Å². The van der Waals surface area contributed by atoms with Gasteiger partial charge in [-0.3, -0.25) is 19.1 Å². The van der Waals surface area contributed by atoms with E-state index in [0.29, 0.717) is 5.75 Å². The third-order valence-electron chi connectivity index (χ3n) is 3.56. The van der Waals surface area contributed by atoms with Crippen LogP contribution in [0.2, 0.25) is 0 Å². The van der Waals surface area contributed by atoms with Crippen LogP contribution in [0.4, 0.5) is 5.82 Å². The van der Waals surface area contributed by atoms with Crippen molar-refractivity contribution in [2.75, 3.05) is 18.9 Å². The maximum atomic E-state index is 12.1. The van der Waals surface area contributed by atoms with Gasteiger partial charge < -0.3 is 15.2 Å². The Labute approximate surface area is 148 Å². The Hall–Kier alpha value is -3.36. The van der Waals surface area contributed by atoms with Crippen molar-refractivity contribution in [3.05, 3.63) is 55.7 Å². The van der Waals surface area contributed by atoms with Crippen molar-refractivity contribution < 1.29 is 19.1 Å². The maximum Gasteiger partial charge on any atom is 0.344 e. The largest absolute Gasteiger partial charge is 0.482 e. The minimum absolute atomic E-state index is 0.300. The fourth-order valence-corrected chi connectivity index (χ4v) is 2.32. The number of hydrogen-bond acceptors (Lipinski definition) is 7. The van der Waals surface area contributed by atoms with E-state index >= 15 is 0 Å². The molecular weight excluding hydrogens is 342 g/mol. The summed E-state index contributed by atoms with van der Waals surface area (Å²) < 4.78 is 11.1. The van der Waals surface area contributed by atoms with Crippen LogP contribution in [-0.2, 0) is 16.6 Å². The van der Waals surface area contributed by atoms with Gasteiger partial charge in [0, 0.05) is 7.05 Å². The second kappa shape index (κ2) is 7.68. The van der Waals surface area contributed by atoms with Gasteiger partial charge in [-0.2, -0.15) is 0 Å². The lowest BCUT2D eigenvalue weighted by Gasteiger charge is -2.09. The summed E-state index contributed by atoms with van der Waals surface area (Å²) in [5, 5.41) is 0. The van der Waals surface area contributed by atoms with Gasteiger partial charge in [-0.25, -0.2) is 9.59 Å². The molecule has 0 bridgehead atoms. The molecule has 0 aliphatic carbocycles. The molecule has 0 fully saturated rings.